The number of carbonyl (C=O) groups is 1. The number of benzene rings is 1. The first-order chi connectivity index (χ1) is 12.7. The third kappa shape index (κ3) is 4.70. The minimum absolute atomic E-state index is 0.0147. The Labute approximate surface area is 155 Å². The van der Waals surface area contributed by atoms with Gasteiger partial charge >= 0.3 is 0 Å². The van der Waals surface area contributed by atoms with Crippen LogP contribution in [0.5, 0.6) is 11.5 Å². The van der Waals surface area contributed by atoms with Gasteiger partial charge in [0, 0.05) is 18.5 Å². The van der Waals surface area contributed by atoms with Crippen LogP contribution >= 0.6 is 11.3 Å². The smallest absolute Gasteiger partial charge is 0.246 e. The summed E-state index contributed by atoms with van der Waals surface area (Å²) in [5, 5.41) is 16.4. The quantitative estimate of drug-likeness (QED) is 0.584. The van der Waals surface area contributed by atoms with E-state index in [9.17, 15) is 9.90 Å². The van der Waals surface area contributed by atoms with Crippen molar-refractivity contribution < 1.29 is 19.4 Å². The van der Waals surface area contributed by atoms with Crippen molar-refractivity contribution in [3.8, 4) is 11.5 Å². The molecule has 2 N–H and O–H groups in total. The average Bonchev–Trinajstić information content (AvgIpc) is 3.11. The number of aromatic nitrogens is 1. The lowest BCUT2D eigenvalue weighted by atomic mass is 10.2. The number of ether oxygens (including phenoxy) is 2. The van der Waals surface area contributed by atoms with E-state index in [1.54, 1.807) is 12.1 Å². The van der Waals surface area contributed by atoms with Gasteiger partial charge in [0.15, 0.2) is 16.6 Å². The zero-order valence-corrected chi connectivity index (χ0v) is 15.2. The van der Waals surface area contributed by atoms with Crippen molar-refractivity contribution in [3.63, 3.8) is 0 Å². The van der Waals surface area contributed by atoms with Crippen LogP contribution in [-0.4, -0.2) is 55.6 Å². The van der Waals surface area contributed by atoms with Gasteiger partial charge in [0.1, 0.15) is 0 Å². The highest BCUT2D eigenvalue weighted by molar-refractivity contribution is 7.13. The number of methoxy groups -OCH3 is 1. The molecule has 0 bridgehead atoms. The largest absolute Gasteiger partial charge is 0.504 e. The number of hydrazone groups is 1. The molecule has 0 spiro atoms. The Morgan fingerprint density at radius 2 is 2.31 bits per heavy atom. The fraction of sp³-hybridized carbons (Fsp3) is 0.353. The summed E-state index contributed by atoms with van der Waals surface area (Å²) in [7, 11) is 1.48. The van der Waals surface area contributed by atoms with Crippen molar-refractivity contribution >= 4 is 28.6 Å². The maximum Gasteiger partial charge on any atom is 0.246 e. The normalized spacial score (nSPS) is 14.6. The maximum absolute atomic E-state index is 12.0. The molecule has 138 valence electrons. The lowest BCUT2D eigenvalue weighted by Gasteiger charge is -2.26. The predicted octanol–water partition coefficient (Wildman–Crippen LogP) is 1.39. The Morgan fingerprint density at radius 1 is 1.50 bits per heavy atom. The molecule has 0 unspecified atom stereocenters. The highest BCUT2D eigenvalue weighted by Gasteiger charge is 2.15. The van der Waals surface area contributed by atoms with Gasteiger partial charge in [-0.1, -0.05) is 0 Å². The summed E-state index contributed by atoms with van der Waals surface area (Å²) in [6, 6.07) is 4.85. The SMILES string of the molecule is COc1ccc(/C=N\NC(=O)Cc2csc(N3CCOCC3)n2)cc1O. The monoisotopic (exact) mass is 376 g/mol. The van der Waals surface area contributed by atoms with Crippen molar-refractivity contribution in [1.29, 1.82) is 0 Å². The number of morpholine rings is 1. The molecule has 1 saturated heterocycles. The lowest BCUT2D eigenvalue weighted by Crippen LogP contribution is -2.36. The van der Waals surface area contributed by atoms with Crippen LogP contribution in [-0.2, 0) is 16.0 Å². The minimum atomic E-state index is -0.252. The number of hydrogen-bond donors (Lipinski definition) is 2. The number of phenolic OH excluding ortho intramolecular Hbond substituents is 1. The van der Waals surface area contributed by atoms with E-state index < -0.39 is 0 Å². The Balaban J connectivity index is 1.51. The number of nitrogens with zero attached hydrogens (tertiary/aromatic N) is 3. The summed E-state index contributed by atoms with van der Waals surface area (Å²) in [5.74, 6) is 0.143. The zero-order chi connectivity index (χ0) is 18.4. The Morgan fingerprint density at radius 3 is 3.04 bits per heavy atom. The fourth-order valence-corrected chi connectivity index (χ4v) is 3.33. The third-order valence-electron chi connectivity index (χ3n) is 3.77. The van der Waals surface area contributed by atoms with Crippen LogP contribution < -0.4 is 15.1 Å². The lowest BCUT2D eigenvalue weighted by molar-refractivity contribution is -0.120. The third-order valence-corrected chi connectivity index (χ3v) is 4.72. The van der Waals surface area contributed by atoms with Gasteiger partial charge in [0.2, 0.25) is 5.91 Å². The second-order valence-corrected chi connectivity index (χ2v) is 6.46. The number of nitrogens with one attached hydrogen (secondary N) is 1. The summed E-state index contributed by atoms with van der Waals surface area (Å²) in [6.45, 7) is 3.03. The van der Waals surface area contributed by atoms with Gasteiger partial charge in [-0.3, -0.25) is 4.79 Å². The second-order valence-electron chi connectivity index (χ2n) is 5.62. The summed E-state index contributed by atoms with van der Waals surface area (Å²) in [6.07, 6.45) is 1.61. The molecule has 1 amide bonds. The topological polar surface area (TPSA) is 96.3 Å². The van der Waals surface area contributed by atoms with Crippen LogP contribution in [0.25, 0.3) is 0 Å². The number of phenols is 1. The zero-order valence-electron chi connectivity index (χ0n) is 14.3. The molecule has 9 heteroatoms. The molecule has 3 rings (SSSR count). The fourth-order valence-electron chi connectivity index (χ4n) is 2.45. The van der Waals surface area contributed by atoms with E-state index in [-0.39, 0.29) is 18.1 Å². The molecule has 1 aromatic carbocycles. The van der Waals surface area contributed by atoms with E-state index in [1.165, 1.54) is 30.7 Å². The molecular formula is C17H20N4O4S. The summed E-state index contributed by atoms with van der Waals surface area (Å²) in [5.41, 5.74) is 3.82. The standard InChI is InChI=1S/C17H20N4O4S/c1-24-15-3-2-12(8-14(15)22)10-18-20-16(23)9-13-11-26-17(19-13)21-4-6-25-7-5-21/h2-3,8,10-11,22H,4-7,9H2,1H3,(H,20,23)/b18-10-. The van der Waals surface area contributed by atoms with Crippen LogP contribution in [0, 0.1) is 0 Å². The number of thiazole rings is 1. The van der Waals surface area contributed by atoms with Crippen LogP contribution in [0.1, 0.15) is 11.3 Å². The van der Waals surface area contributed by atoms with E-state index in [0.717, 1.165) is 18.2 Å². The molecule has 0 aliphatic carbocycles. The summed E-state index contributed by atoms with van der Waals surface area (Å²) in [4.78, 5) is 18.6. The first-order valence-electron chi connectivity index (χ1n) is 8.11. The van der Waals surface area contributed by atoms with E-state index in [2.05, 4.69) is 20.4 Å². The highest BCUT2D eigenvalue weighted by Crippen LogP contribution is 2.25. The molecule has 26 heavy (non-hydrogen) atoms. The molecule has 1 aromatic heterocycles. The van der Waals surface area contributed by atoms with Gasteiger partial charge in [-0.25, -0.2) is 10.4 Å². The van der Waals surface area contributed by atoms with Gasteiger partial charge in [0.05, 0.1) is 38.7 Å². The van der Waals surface area contributed by atoms with Gasteiger partial charge in [0.25, 0.3) is 0 Å². The van der Waals surface area contributed by atoms with Crippen molar-refractivity contribution in [1.82, 2.24) is 10.4 Å². The number of amides is 1. The van der Waals surface area contributed by atoms with Crippen molar-refractivity contribution in [3.05, 3.63) is 34.8 Å². The van der Waals surface area contributed by atoms with Gasteiger partial charge in [-0.2, -0.15) is 5.10 Å². The maximum atomic E-state index is 12.0. The van der Waals surface area contributed by atoms with E-state index in [4.69, 9.17) is 9.47 Å². The van der Waals surface area contributed by atoms with Crippen LogP contribution in [0.15, 0.2) is 28.7 Å². The summed E-state index contributed by atoms with van der Waals surface area (Å²) >= 11 is 1.53. The molecule has 1 aliphatic rings. The number of anilines is 1. The molecular weight excluding hydrogens is 356 g/mol. The van der Waals surface area contributed by atoms with Gasteiger partial charge in [-0.15, -0.1) is 11.3 Å². The molecule has 1 fully saturated rings. The molecule has 0 radical (unpaired) electrons. The van der Waals surface area contributed by atoms with E-state index in [0.29, 0.717) is 30.2 Å². The summed E-state index contributed by atoms with van der Waals surface area (Å²) < 4.78 is 10.3. The molecule has 0 atom stereocenters. The van der Waals surface area contributed by atoms with Crippen molar-refractivity contribution in [2.75, 3.05) is 38.3 Å². The molecule has 0 saturated carbocycles. The molecule has 1 aliphatic heterocycles. The molecule has 8 nitrogen and oxygen atoms in total. The van der Waals surface area contributed by atoms with Crippen LogP contribution in [0.2, 0.25) is 0 Å². The van der Waals surface area contributed by atoms with Gasteiger partial charge in [-0.05, 0) is 23.8 Å². The van der Waals surface area contributed by atoms with Crippen molar-refractivity contribution in [2.24, 2.45) is 5.10 Å². The molecule has 2 heterocycles. The first kappa shape index (κ1) is 18.2. The molecule has 2 aromatic rings. The predicted molar refractivity (Wildman–Crippen MR) is 99.2 cm³/mol. The Bertz CT molecular complexity index is 787. The van der Waals surface area contributed by atoms with E-state index >= 15 is 0 Å². The van der Waals surface area contributed by atoms with Gasteiger partial charge < -0.3 is 19.5 Å². The number of hydrogen-bond acceptors (Lipinski definition) is 8. The Kier molecular flexibility index (Phi) is 6.03. The second kappa shape index (κ2) is 8.63. The van der Waals surface area contributed by atoms with Crippen LogP contribution in [0.3, 0.4) is 0 Å². The van der Waals surface area contributed by atoms with E-state index in [1.807, 2.05) is 5.38 Å². The number of aromatic hydroxyl groups is 1. The number of rotatable bonds is 6. The number of carbonyl (C=O) groups excluding carboxylic acids is 1. The average molecular weight is 376 g/mol. The highest BCUT2D eigenvalue weighted by atomic mass is 32.1. The first-order valence-corrected chi connectivity index (χ1v) is 8.99. The van der Waals surface area contributed by atoms with Crippen LogP contribution in [0.4, 0.5) is 5.13 Å². The Hall–Kier alpha value is -2.65. The van der Waals surface area contributed by atoms with Crippen molar-refractivity contribution in [2.45, 2.75) is 6.42 Å². The minimum Gasteiger partial charge on any atom is -0.504 e.